The number of likely N-dealkylation sites (tertiary alicyclic amines) is 1. The maximum atomic E-state index is 12.6. The fourth-order valence-electron chi connectivity index (χ4n) is 3.09. The number of hydrogen-bond acceptors (Lipinski definition) is 4. The third-order valence-electron chi connectivity index (χ3n) is 4.55. The maximum Gasteiger partial charge on any atom is 0.252 e. The summed E-state index contributed by atoms with van der Waals surface area (Å²) in [5.41, 5.74) is 0.629. The summed E-state index contributed by atoms with van der Waals surface area (Å²) in [6.07, 6.45) is 2.37. The molecule has 1 aliphatic rings. The van der Waals surface area contributed by atoms with Crippen LogP contribution in [-0.4, -0.2) is 50.7 Å². The minimum atomic E-state index is -0.0537. The van der Waals surface area contributed by atoms with Crippen LogP contribution in [0.4, 0.5) is 0 Å². The van der Waals surface area contributed by atoms with Gasteiger partial charge in [-0.25, -0.2) is 0 Å². The van der Waals surface area contributed by atoms with Crippen molar-refractivity contribution in [2.75, 3.05) is 33.9 Å². The normalized spacial score (nSPS) is 18.5. The molecule has 1 unspecified atom stereocenters. The van der Waals surface area contributed by atoms with E-state index in [1.54, 1.807) is 20.3 Å². The minimum absolute atomic E-state index is 0.0537. The summed E-state index contributed by atoms with van der Waals surface area (Å²) in [5, 5.41) is 3.09. The summed E-state index contributed by atoms with van der Waals surface area (Å²) in [5.74, 6) is 1.68. The van der Waals surface area contributed by atoms with Gasteiger partial charge in [0.2, 0.25) is 0 Å². The van der Waals surface area contributed by atoms with Crippen molar-refractivity contribution in [3.63, 3.8) is 0 Å². The molecule has 1 aromatic rings. The quantitative estimate of drug-likeness (QED) is 0.683. The Hall–Kier alpha value is -1.02. The Bertz CT molecular complexity index is 578. The van der Waals surface area contributed by atoms with Crippen LogP contribution in [-0.2, 0) is 0 Å². The second-order valence-electron chi connectivity index (χ2n) is 6.49. The Kier molecular flexibility index (Phi) is 7.16. The summed E-state index contributed by atoms with van der Waals surface area (Å²) in [4.78, 5) is 15.1. The molecule has 5 nitrogen and oxygen atoms in total. The zero-order valence-corrected chi connectivity index (χ0v) is 17.1. The number of methoxy groups -OCH3 is 2. The van der Waals surface area contributed by atoms with Crippen molar-refractivity contribution in [1.82, 2.24) is 10.2 Å². The van der Waals surface area contributed by atoms with Crippen molar-refractivity contribution in [3.8, 4) is 11.5 Å². The van der Waals surface area contributed by atoms with Gasteiger partial charge in [-0.05, 0) is 73.9 Å². The van der Waals surface area contributed by atoms with Crippen LogP contribution in [0.3, 0.4) is 0 Å². The first-order valence-corrected chi connectivity index (χ1v) is 9.47. The highest BCUT2D eigenvalue weighted by atomic mass is 127. The summed E-state index contributed by atoms with van der Waals surface area (Å²) < 4.78 is 11.4. The fourth-order valence-corrected chi connectivity index (χ4v) is 3.78. The molecule has 6 heteroatoms. The SMILES string of the molecule is COc1cc(I)c(C(=O)NCC2CCCN(C(C)C)C2)cc1OC. The molecular formula is C18H27IN2O3. The first-order chi connectivity index (χ1) is 11.5. The molecule has 0 aromatic heterocycles. The monoisotopic (exact) mass is 446 g/mol. The van der Waals surface area contributed by atoms with Crippen molar-refractivity contribution in [3.05, 3.63) is 21.3 Å². The average molecular weight is 446 g/mol. The molecule has 0 radical (unpaired) electrons. The van der Waals surface area contributed by atoms with E-state index in [9.17, 15) is 4.79 Å². The van der Waals surface area contributed by atoms with Crippen LogP contribution in [0.15, 0.2) is 12.1 Å². The number of benzene rings is 1. The summed E-state index contributed by atoms with van der Waals surface area (Å²) in [7, 11) is 3.17. The molecular weight excluding hydrogens is 419 g/mol. The second kappa shape index (κ2) is 8.89. The van der Waals surface area contributed by atoms with Gasteiger partial charge in [-0.15, -0.1) is 0 Å². The van der Waals surface area contributed by atoms with Gasteiger partial charge in [0.25, 0.3) is 5.91 Å². The number of hydrogen-bond donors (Lipinski definition) is 1. The predicted molar refractivity (Wildman–Crippen MR) is 104 cm³/mol. The van der Waals surface area contributed by atoms with Crippen LogP contribution < -0.4 is 14.8 Å². The van der Waals surface area contributed by atoms with E-state index in [4.69, 9.17) is 9.47 Å². The van der Waals surface area contributed by atoms with E-state index < -0.39 is 0 Å². The van der Waals surface area contributed by atoms with Crippen LogP contribution in [0.5, 0.6) is 11.5 Å². The molecule has 0 saturated carbocycles. The zero-order valence-electron chi connectivity index (χ0n) is 14.9. The lowest BCUT2D eigenvalue weighted by Crippen LogP contribution is -2.43. The van der Waals surface area contributed by atoms with Gasteiger partial charge in [-0.3, -0.25) is 4.79 Å². The number of nitrogens with zero attached hydrogens (tertiary/aromatic N) is 1. The molecule has 1 saturated heterocycles. The molecule has 24 heavy (non-hydrogen) atoms. The first-order valence-electron chi connectivity index (χ1n) is 8.40. The number of ether oxygens (including phenoxy) is 2. The van der Waals surface area contributed by atoms with Gasteiger partial charge in [0, 0.05) is 22.7 Å². The third kappa shape index (κ3) is 4.75. The van der Waals surface area contributed by atoms with Crippen LogP contribution >= 0.6 is 22.6 Å². The topological polar surface area (TPSA) is 50.8 Å². The number of nitrogens with one attached hydrogen (secondary N) is 1. The van der Waals surface area contributed by atoms with E-state index in [0.717, 1.165) is 16.7 Å². The summed E-state index contributed by atoms with van der Waals surface area (Å²) >= 11 is 2.16. The predicted octanol–water partition coefficient (Wildman–Crippen LogP) is 3.16. The van der Waals surface area contributed by atoms with Crippen molar-refractivity contribution in [2.24, 2.45) is 5.92 Å². The smallest absolute Gasteiger partial charge is 0.252 e. The summed E-state index contributed by atoms with van der Waals surface area (Å²) in [6.45, 7) is 7.39. The number of carbonyl (C=O) groups is 1. The highest BCUT2D eigenvalue weighted by Crippen LogP contribution is 2.31. The Balaban J connectivity index is 2.00. The molecule has 1 fully saturated rings. The van der Waals surface area contributed by atoms with E-state index in [0.29, 0.717) is 35.6 Å². The number of amides is 1. The van der Waals surface area contributed by atoms with E-state index in [1.165, 1.54) is 12.8 Å². The molecule has 1 aliphatic heterocycles. The molecule has 1 aromatic carbocycles. The van der Waals surface area contributed by atoms with E-state index >= 15 is 0 Å². The van der Waals surface area contributed by atoms with Gasteiger partial charge < -0.3 is 19.7 Å². The Labute approximate surface area is 158 Å². The van der Waals surface area contributed by atoms with Gasteiger partial charge in [-0.2, -0.15) is 0 Å². The van der Waals surface area contributed by atoms with Gasteiger partial charge in [-0.1, -0.05) is 0 Å². The van der Waals surface area contributed by atoms with Crippen LogP contribution in [0.1, 0.15) is 37.0 Å². The molecule has 0 bridgehead atoms. The second-order valence-corrected chi connectivity index (χ2v) is 7.66. The third-order valence-corrected chi connectivity index (χ3v) is 5.44. The minimum Gasteiger partial charge on any atom is -0.493 e. The Morgan fingerprint density at radius 2 is 2.00 bits per heavy atom. The van der Waals surface area contributed by atoms with Gasteiger partial charge in [0.1, 0.15) is 0 Å². The van der Waals surface area contributed by atoms with Crippen molar-refractivity contribution in [2.45, 2.75) is 32.7 Å². The van der Waals surface area contributed by atoms with Crippen LogP contribution in [0.25, 0.3) is 0 Å². The molecule has 1 atom stereocenters. The Morgan fingerprint density at radius 3 is 2.62 bits per heavy atom. The number of carbonyl (C=O) groups excluding carboxylic acids is 1. The molecule has 0 spiro atoms. The maximum absolute atomic E-state index is 12.6. The van der Waals surface area contributed by atoms with Gasteiger partial charge in [0.15, 0.2) is 11.5 Å². The van der Waals surface area contributed by atoms with Gasteiger partial charge in [0.05, 0.1) is 19.8 Å². The van der Waals surface area contributed by atoms with E-state index in [1.807, 2.05) is 6.07 Å². The molecule has 134 valence electrons. The summed E-state index contributed by atoms with van der Waals surface area (Å²) in [6, 6.07) is 4.14. The van der Waals surface area contributed by atoms with E-state index in [2.05, 4.69) is 46.7 Å². The highest BCUT2D eigenvalue weighted by molar-refractivity contribution is 14.1. The molecule has 1 N–H and O–H groups in total. The highest BCUT2D eigenvalue weighted by Gasteiger charge is 2.23. The largest absolute Gasteiger partial charge is 0.493 e. The zero-order chi connectivity index (χ0) is 17.7. The lowest BCUT2D eigenvalue weighted by atomic mass is 9.97. The van der Waals surface area contributed by atoms with Crippen molar-refractivity contribution < 1.29 is 14.3 Å². The molecule has 0 aliphatic carbocycles. The molecule has 2 rings (SSSR count). The lowest BCUT2D eigenvalue weighted by Gasteiger charge is -2.35. The first kappa shape index (κ1) is 19.3. The Morgan fingerprint density at radius 1 is 1.33 bits per heavy atom. The van der Waals surface area contributed by atoms with E-state index in [-0.39, 0.29) is 5.91 Å². The van der Waals surface area contributed by atoms with Crippen LogP contribution in [0.2, 0.25) is 0 Å². The van der Waals surface area contributed by atoms with Gasteiger partial charge >= 0.3 is 0 Å². The standard InChI is InChI=1S/C18H27IN2O3/c1-12(2)21-7-5-6-13(11-21)10-20-18(22)14-8-16(23-3)17(24-4)9-15(14)19/h8-9,12-13H,5-7,10-11H2,1-4H3,(H,20,22). The number of piperidine rings is 1. The van der Waals surface area contributed by atoms with Crippen molar-refractivity contribution >= 4 is 28.5 Å². The number of rotatable bonds is 6. The average Bonchev–Trinajstić information content (AvgIpc) is 2.59. The lowest BCUT2D eigenvalue weighted by molar-refractivity contribution is 0.0921. The molecule has 1 amide bonds. The van der Waals surface area contributed by atoms with Crippen LogP contribution in [0, 0.1) is 9.49 Å². The molecule has 1 heterocycles. The fraction of sp³-hybridized carbons (Fsp3) is 0.611. The number of halogens is 1. The van der Waals surface area contributed by atoms with Crippen molar-refractivity contribution in [1.29, 1.82) is 0 Å².